The molecular formula is C11H20N4S. The van der Waals surface area contributed by atoms with Gasteiger partial charge in [0.25, 0.3) is 0 Å². The lowest BCUT2D eigenvalue weighted by atomic mass is 10.2. The first-order valence-electron chi connectivity index (χ1n) is 5.93. The molecule has 90 valence electrons. The van der Waals surface area contributed by atoms with Gasteiger partial charge in [0, 0.05) is 19.6 Å². The summed E-state index contributed by atoms with van der Waals surface area (Å²) in [6, 6.07) is 0.796. The maximum Gasteiger partial charge on any atom is 0.205 e. The third kappa shape index (κ3) is 3.15. The maximum absolute atomic E-state index is 4.21. The molecule has 0 aliphatic heterocycles. The smallest absolute Gasteiger partial charge is 0.205 e. The fourth-order valence-corrected chi connectivity index (χ4v) is 2.56. The van der Waals surface area contributed by atoms with Crippen molar-refractivity contribution in [3.8, 4) is 0 Å². The second kappa shape index (κ2) is 5.10. The van der Waals surface area contributed by atoms with Gasteiger partial charge >= 0.3 is 0 Å². The molecule has 0 unspecified atom stereocenters. The zero-order chi connectivity index (χ0) is 11.5. The number of anilines is 1. The SMILES string of the molecule is CNc1nnc(CN(CC(C)C)C2CC2)s1. The molecule has 0 atom stereocenters. The first kappa shape index (κ1) is 11.8. The van der Waals surface area contributed by atoms with Gasteiger partial charge in [-0.25, -0.2) is 0 Å². The minimum Gasteiger partial charge on any atom is -0.363 e. The summed E-state index contributed by atoms with van der Waals surface area (Å²) in [7, 11) is 1.89. The molecule has 1 aromatic rings. The molecule has 2 rings (SSSR count). The molecule has 1 heterocycles. The van der Waals surface area contributed by atoms with Crippen LogP contribution in [0.4, 0.5) is 5.13 Å². The second-order valence-electron chi connectivity index (χ2n) is 4.81. The molecule has 1 fully saturated rings. The van der Waals surface area contributed by atoms with Gasteiger partial charge in [0.05, 0.1) is 6.54 Å². The van der Waals surface area contributed by atoms with Gasteiger partial charge in [-0.15, -0.1) is 10.2 Å². The molecule has 1 saturated carbocycles. The Kier molecular flexibility index (Phi) is 3.76. The van der Waals surface area contributed by atoms with E-state index >= 15 is 0 Å². The van der Waals surface area contributed by atoms with Crippen LogP contribution in [-0.2, 0) is 6.54 Å². The van der Waals surface area contributed by atoms with Gasteiger partial charge in [-0.1, -0.05) is 25.2 Å². The second-order valence-corrected chi connectivity index (χ2v) is 5.87. The molecule has 0 bridgehead atoms. The Labute approximate surface area is 101 Å². The molecule has 0 aromatic carbocycles. The minimum atomic E-state index is 0.720. The van der Waals surface area contributed by atoms with Crippen LogP contribution in [0.25, 0.3) is 0 Å². The molecule has 1 aliphatic rings. The van der Waals surface area contributed by atoms with Crippen molar-refractivity contribution in [2.24, 2.45) is 5.92 Å². The first-order chi connectivity index (χ1) is 7.69. The van der Waals surface area contributed by atoms with E-state index in [0.717, 1.165) is 28.6 Å². The largest absolute Gasteiger partial charge is 0.363 e. The Morgan fingerprint density at radius 2 is 2.19 bits per heavy atom. The standard InChI is InChI=1S/C11H20N4S/c1-8(2)6-15(9-4-5-9)7-10-13-14-11(12-3)16-10/h8-9H,4-7H2,1-3H3,(H,12,14). The van der Waals surface area contributed by atoms with Crippen molar-refractivity contribution in [1.82, 2.24) is 15.1 Å². The number of hydrogen-bond acceptors (Lipinski definition) is 5. The van der Waals surface area contributed by atoms with Crippen LogP contribution in [0.2, 0.25) is 0 Å². The van der Waals surface area contributed by atoms with E-state index in [2.05, 4.69) is 34.3 Å². The number of aromatic nitrogens is 2. The summed E-state index contributed by atoms with van der Waals surface area (Å²) in [5.74, 6) is 0.720. The normalized spacial score (nSPS) is 16.1. The lowest BCUT2D eigenvalue weighted by Gasteiger charge is -2.22. The van der Waals surface area contributed by atoms with Crippen molar-refractivity contribution in [2.75, 3.05) is 18.9 Å². The zero-order valence-corrected chi connectivity index (χ0v) is 11.0. The van der Waals surface area contributed by atoms with Crippen LogP contribution in [0.15, 0.2) is 0 Å². The summed E-state index contributed by atoms with van der Waals surface area (Å²) in [5.41, 5.74) is 0. The van der Waals surface area contributed by atoms with Gasteiger partial charge in [0.1, 0.15) is 5.01 Å². The summed E-state index contributed by atoms with van der Waals surface area (Å²) in [5, 5.41) is 13.4. The summed E-state index contributed by atoms with van der Waals surface area (Å²) < 4.78 is 0. The predicted molar refractivity (Wildman–Crippen MR) is 67.7 cm³/mol. The third-order valence-corrected chi connectivity index (χ3v) is 3.61. The highest BCUT2D eigenvalue weighted by Gasteiger charge is 2.29. The molecular weight excluding hydrogens is 220 g/mol. The van der Waals surface area contributed by atoms with E-state index in [1.165, 1.54) is 19.4 Å². The minimum absolute atomic E-state index is 0.720. The highest BCUT2D eigenvalue weighted by Crippen LogP contribution is 2.29. The molecule has 5 heteroatoms. The van der Waals surface area contributed by atoms with Crippen LogP contribution in [0.1, 0.15) is 31.7 Å². The molecule has 0 spiro atoms. The Morgan fingerprint density at radius 3 is 2.69 bits per heavy atom. The van der Waals surface area contributed by atoms with Gasteiger partial charge in [-0.3, -0.25) is 4.90 Å². The zero-order valence-electron chi connectivity index (χ0n) is 10.2. The fourth-order valence-electron chi connectivity index (χ4n) is 1.84. The quantitative estimate of drug-likeness (QED) is 0.827. The molecule has 0 radical (unpaired) electrons. The Hall–Kier alpha value is -0.680. The van der Waals surface area contributed by atoms with E-state index in [9.17, 15) is 0 Å². The molecule has 0 saturated heterocycles. The summed E-state index contributed by atoms with van der Waals surface area (Å²) in [6.07, 6.45) is 2.70. The molecule has 4 nitrogen and oxygen atoms in total. The van der Waals surface area contributed by atoms with E-state index in [0.29, 0.717) is 0 Å². The Balaban J connectivity index is 1.93. The summed E-state index contributed by atoms with van der Waals surface area (Å²) in [6.45, 7) is 6.67. The van der Waals surface area contributed by atoms with E-state index in [4.69, 9.17) is 0 Å². The van der Waals surface area contributed by atoms with Gasteiger partial charge in [0.15, 0.2) is 0 Å². The average molecular weight is 240 g/mol. The van der Waals surface area contributed by atoms with E-state index in [-0.39, 0.29) is 0 Å². The predicted octanol–water partition coefficient (Wildman–Crippen LogP) is 2.20. The van der Waals surface area contributed by atoms with Gasteiger partial charge in [-0.05, 0) is 18.8 Å². The van der Waals surface area contributed by atoms with Crippen molar-refractivity contribution in [1.29, 1.82) is 0 Å². The highest BCUT2D eigenvalue weighted by atomic mass is 32.1. The molecule has 1 aliphatic carbocycles. The highest BCUT2D eigenvalue weighted by molar-refractivity contribution is 7.15. The van der Waals surface area contributed by atoms with Crippen molar-refractivity contribution < 1.29 is 0 Å². The molecule has 16 heavy (non-hydrogen) atoms. The van der Waals surface area contributed by atoms with Gasteiger partial charge in [-0.2, -0.15) is 0 Å². The van der Waals surface area contributed by atoms with Crippen molar-refractivity contribution in [2.45, 2.75) is 39.3 Å². The fraction of sp³-hybridized carbons (Fsp3) is 0.818. The van der Waals surface area contributed by atoms with Crippen LogP contribution in [0.3, 0.4) is 0 Å². The van der Waals surface area contributed by atoms with Crippen LogP contribution >= 0.6 is 11.3 Å². The van der Waals surface area contributed by atoms with Crippen molar-refractivity contribution >= 4 is 16.5 Å². The third-order valence-electron chi connectivity index (χ3n) is 2.68. The van der Waals surface area contributed by atoms with Crippen LogP contribution in [0, 0.1) is 5.92 Å². The monoisotopic (exact) mass is 240 g/mol. The number of nitrogens with one attached hydrogen (secondary N) is 1. The molecule has 1 N–H and O–H groups in total. The first-order valence-corrected chi connectivity index (χ1v) is 6.75. The molecule has 0 amide bonds. The average Bonchev–Trinajstić information content (AvgIpc) is 2.98. The van der Waals surface area contributed by atoms with Crippen LogP contribution in [-0.4, -0.2) is 34.7 Å². The molecule has 1 aromatic heterocycles. The van der Waals surface area contributed by atoms with Gasteiger partial charge in [0.2, 0.25) is 5.13 Å². The van der Waals surface area contributed by atoms with Crippen molar-refractivity contribution in [3.05, 3.63) is 5.01 Å². The van der Waals surface area contributed by atoms with E-state index < -0.39 is 0 Å². The Bertz CT molecular complexity index is 332. The van der Waals surface area contributed by atoms with Crippen LogP contribution in [0.5, 0.6) is 0 Å². The number of nitrogens with zero attached hydrogens (tertiary/aromatic N) is 3. The number of hydrogen-bond donors (Lipinski definition) is 1. The number of rotatable bonds is 6. The van der Waals surface area contributed by atoms with E-state index in [1.54, 1.807) is 11.3 Å². The lowest BCUT2D eigenvalue weighted by molar-refractivity contribution is 0.225. The summed E-state index contributed by atoms with van der Waals surface area (Å²) in [4.78, 5) is 2.55. The maximum atomic E-state index is 4.21. The topological polar surface area (TPSA) is 41.1 Å². The summed E-state index contributed by atoms with van der Waals surface area (Å²) >= 11 is 1.66. The van der Waals surface area contributed by atoms with Gasteiger partial charge < -0.3 is 5.32 Å². The van der Waals surface area contributed by atoms with Crippen molar-refractivity contribution in [3.63, 3.8) is 0 Å². The van der Waals surface area contributed by atoms with Crippen LogP contribution < -0.4 is 5.32 Å². The Morgan fingerprint density at radius 1 is 1.44 bits per heavy atom. The van der Waals surface area contributed by atoms with E-state index in [1.807, 2.05) is 7.05 Å². The lowest BCUT2D eigenvalue weighted by Crippen LogP contribution is -2.29.